The first-order valence-corrected chi connectivity index (χ1v) is 8.26. The van der Waals surface area contributed by atoms with Gasteiger partial charge >= 0.3 is 6.36 Å². The maximum atomic E-state index is 12.7. The molecule has 1 fully saturated rings. The number of hydrogen-bond acceptors (Lipinski definition) is 4. The predicted octanol–water partition coefficient (Wildman–Crippen LogP) is 2.09. The van der Waals surface area contributed by atoms with E-state index in [4.69, 9.17) is 5.73 Å². The fraction of sp³-hybridized carbons (Fsp3) is 0.538. The first-order valence-electron chi connectivity index (χ1n) is 6.82. The Morgan fingerprint density at radius 1 is 1.27 bits per heavy atom. The molecule has 5 nitrogen and oxygen atoms in total. The highest BCUT2D eigenvalue weighted by Crippen LogP contribution is 2.33. The molecule has 1 saturated heterocycles. The number of rotatable bonds is 4. The summed E-state index contributed by atoms with van der Waals surface area (Å²) in [5.41, 5.74) is 5.59. The Morgan fingerprint density at radius 3 is 2.59 bits per heavy atom. The molecule has 0 amide bonds. The van der Waals surface area contributed by atoms with Crippen LogP contribution in [0, 0.1) is 0 Å². The van der Waals surface area contributed by atoms with Crippen LogP contribution in [0.15, 0.2) is 29.2 Å². The summed E-state index contributed by atoms with van der Waals surface area (Å²) in [6.07, 6.45) is -2.87. The normalized spacial score (nSPS) is 20.8. The molecule has 1 heterocycles. The van der Waals surface area contributed by atoms with E-state index in [0.29, 0.717) is 12.8 Å². The minimum Gasteiger partial charge on any atom is -0.404 e. The summed E-state index contributed by atoms with van der Waals surface area (Å²) < 4.78 is 67.7. The Morgan fingerprint density at radius 2 is 1.95 bits per heavy atom. The molecule has 22 heavy (non-hydrogen) atoms. The van der Waals surface area contributed by atoms with Crippen LogP contribution in [0.4, 0.5) is 13.2 Å². The molecular weight excluding hydrogens is 321 g/mol. The van der Waals surface area contributed by atoms with Crippen molar-refractivity contribution in [3.8, 4) is 5.75 Å². The van der Waals surface area contributed by atoms with Gasteiger partial charge in [0.05, 0.1) is 0 Å². The number of sulfonamides is 1. The largest absolute Gasteiger partial charge is 0.573 e. The summed E-state index contributed by atoms with van der Waals surface area (Å²) in [5, 5.41) is 0. The lowest BCUT2D eigenvalue weighted by molar-refractivity contribution is -0.275. The molecule has 1 unspecified atom stereocenters. The Kier molecular flexibility index (Phi) is 4.98. The monoisotopic (exact) mass is 338 g/mol. The van der Waals surface area contributed by atoms with Crippen molar-refractivity contribution in [2.45, 2.75) is 36.6 Å². The Hall–Kier alpha value is -1.32. The molecule has 0 aliphatic carbocycles. The molecule has 9 heteroatoms. The summed E-state index contributed by atoms with van der Waals surface area (Å²) in [7, 11) is -4.10. The van der Waals surface area contributed by atoms with E-state index < -0.39 is 33.1 Å². The molecule has 2 N–H and O–H groups in total. The number of benzene rings is 1. The van der Waals surface area contributed by atoms with Gasteiger partial charge in [0, 0.05) is 19.1 Å². The number of nitrogens with two attached hydrogens (primary N) is 1. The molecule has 0 radical (unpaired) electrons. The van der Waals surface area contributed by atoms with Gasteiger partial charge in [-0.1, -0.05) is 18.6 Å². The van der Waals surface area contributed by atoms with Crippen LogP contribution in [0.25, 0.3) is 0 Å². The molecule has 2 rings (SSSR count). The van der Waals surface area contributed by atoms with Crippen molar-refractivity contribution >= 4 is 10.0 Å². The van der Waals surface area contributed by atoms with Gasteiger partial charge in [0.1, 0.15) is 10.6 Å². The van der Waals surface area contributed by atoms with Gasteiger partial charge in [-0.15, -0.1) is 13.2 Å². The number of ether oxygens (including phenoxy) is 1. The lowest BCUT2D eigenvalue weighted by atomic mass is 10.1. The Balaban J connectivity index is 2.41. The average molecular weight is 338 g/mol. The van der Waals surface area contributed by atoms with Crippen LogP contribution in [0.2, 0.25) is 0 Å². The highest BCUT2D eigenvalue weighted by atomic mass is 32.2. The average Bonchev–Trinajstić information content (AvgIpc) is 2.46. The number of nitrogens with zero attached hydrogens (tertiary/aromatic N) is 1. The summed E-state index contributed by atoms with van der Waals surface area (Å²) >= 11 is 0. The lowest BCUT2D eigenvalue weighted by Gasteiger charge is -2.34. The van der Waals surface area contributed by atoms with Crippen LogP contribution in [0.5, 0.6) is 5.75 Å². The molecule has 1 atom stereocenters. The van der Waals surface area contributed by atoms with Crippen LogP contribution in [0.1, 0.15) is 19.3 Å². The first kappa shape index (κ1) is 17.0. The van der Waals surface area contributed by atoms with Gasteiger partial charge in [0.25, 0.3) is 0 Å². The van der Waals surface area contributed by atoms with Crippen LogP contribution in [0.3, 0.4) is 0 Å². The van der Waals surface area contributed by atoms with Gasteiger partial charge in [-0.3, -0.25) is 0 Å². The topological polar surface area (TPSA) is 72.6 Å². The maximum Gasteiger partial charge on any atom is 0.573 e. The van der Waals surface area contributed by atoms with Crippen molar-refractivity contribution in [3.05, 3.63) is 24.3 Å². The van der Waals surface area contributed by atoms with E-state index in [1.54, 1.807) is 0 Å². The van der Waals surface area contributed by atoms with Crippen LogP contribution in [-0.4, -0.2) is 38.2 Å². The summed E-state index contributed by atoms with van der Waals surface area (Å²) in [6, 6.07) is 4.34. The molecule has 0 aromatic heterocycles. The van der Waals surface area contributed by atoms with Gasteiger partial charge < -0.3 is 10.5 Å². The minimum absolute atomic E-state index is 0.127. The van der Waals surface area contributed by atoms with E-state index in [-0.39, 0.29) is 13.1 Å². The molecule has 0 spiro atoms. The number of hydrogen-bond donors (Lipinski definition) is 1. The zero-order chi connectivity index (χ0) is 16.4. The van der Waals surface area contributed by atoms with E-state index in [1.165, 1.54) is 16.4 Å². The highest BCUT2D eigenvalue weighted by Gasteiger charge is 2.38. The molecule has 124 valence electrons. The third-order valence-corrected chi connectivity index (χ3v) is 5.50. The molecule has 0 saturated carbocycles. The number of alkyl halides is 3. The maximum absolute atomic E-state index is 12.7. The Labute approximate surface area is 126 Å². The van der Waals surface area contributed by atoms with Crippen molar-refractivity contribution in [1.29, 1.82) is 0 Å². The molecular formula is C13H17F3N2O3S. The fourth-order valence-electron chi connectivity index (χ4n) is 2.52. The second kappa shape index (κ2) is 6.43. The minimum atomic E-state index is -4.96. The zero-order valence-electron chi connectivity index (χ0n) is 11.7. The standard InChI is InChI=1S/C13H17F3N2O3S/c14-13(15,16)21-11-6-1-2-7-12(11)22(19,20)18-8-4-3-5-10(18)9-17/h1-2,6-7,10H,3-5,8-9,17H2. The van der Waals surface area contributed by atoms with E-state index in [2.05, 4.69) is 4.74 Å². The van der Waals surface area contributed by atoms with Crippen molar-refractivity contribution in [2.75, 3.05) is 13.1 Å². The van der Waals surface area contributed by atoms with Gasteiger partial charge in [-0.2, -0.15) is 4.31 Å². The van der Waals surface area contributed by atoms with Gasteiger partial charge in [-0.05, 0) is 25.0 Å². The quantitative estimate of drug-likeness (QED) is 0.912. The molecule has 1 aromatic rings. The van der Waals surface area contributed by atoms with Gasteiger partial charge in [0.15, 0.2) is 0 Å². The van der Waals surface area contributed by atoms with Gasteiger partial charge in [-0.25, -0.2) is 8.42 Å². The second-order valence-corrected chi connectivity index (χ2v) is 6.85. The first-order chi connectivity index (χ1) is 10.3. The lowest BCUT2D eigenvalue weighted by Crippen LogP contribution is -2.47. The van der Waals surface area contributed by atoms with Crippen LogP contribution >= 0.6 is 0 Å². The third-order valence-electron chi connectivity index (χ3n) is 3.51. The highest BCUT2D eigenvalue weighted by molar-refractivity contribution is 7.89. The smallest absolute Gasteiger partial charge is 0.404 e. The SMILES string of the molecule is NCC1CCCCN1S(=O)(=O)c1ccccc1OC(F)(F)F. The summed E-state index contributed by atoms with van der Waals surface area (Å²) in [4.78, 5) is -0.493. The van der Waals surface area contributed by atoms with Gasteiger partial charge in [0.2, 0.25) is 10.0 Å². The predicted molar refractivity (Wildman–Crippen MR) is 73.7 cm³/mol. The second-order valence-electron chi connectivity index (χ2n) is 5.00. The third kappa shape index (κ3) is 3.71. The van der Waals surface area contributed by atoms with E-state index in [1.807, 2.05) is 0 Å². The molecule has 0 bridgehead atoms. The van der Waals surface area contributed by atoms with Crippen LogP contribution < -0.4 is 10.5 Å². The zero-order valence-corrected chi connectivity index (χ0v) is 12.5. The molecule has 1 aliphatic rings. The van der Waals surface area contributed by atoms with Crippen molar-refractivity contribution in [2.24, 2.45) is 5.73 Å². The molecule has 1 aromatic carbocycles. The van der Waals surface area contributed by atoms with Crippen LogP contribution in [-0.2, 0) is 10.0 Å². The number of para-hydroxylation sites is 1. The molecule has 1 aliphatic heterocycles. The van der Waals surface area contributed by atoms with Crippen molar-refractivity contribution < 1.29 is 26.3 Å². The number of halogens is 3. The van der Waals surface area contributed by atoms with E-state index >= 15 is 0 Å². The summed E-state index contributed by atoms with van der Waals surface area (Å²) in [6.45, 7) is 0.367. The van der Waals surface area contributed by atoms with Crippen molar-refractivity contribution in [1.82, 2.24) is 4.31 Å². The van der Waals surface area contributed by atoms with E-state index in [9.17, 15) is 21.6 Å². The van der Waals surface area contributed by atoms with Crippen molar-refractivity contribution in [3.63, 3.8) is 0 Å². The fourth-order valence-corrected chi connectivity index (χ4v) is 4.35. The Bertz CT molecular complexity index is 619. The summed E-state index contributed by atoms with van der Waals surface area (Å²) in [5.74, 6) is -0.726. The van der Waals surface area contributed by atoms with E-state index in [0.717, 1.165) is 18.6 Å². The number of piperidine rings is 1.